The predicted octanol–water partition coefficient (Wildman–Crippen LogP) is 3.69. The Balaban J connectivity index is 1.84. The molecule has 16 heavy (non-hydrogen) atoms. The average molecular weight is 298 g/mol. The van der Waals surface area contributed by atoms with Crippen LogP contribution in [0.4, 0.5) is 0 Å². The molecular weight excluding hydrogens is 282 g/mol. The highest BCUT2D eigenvalue weighted by molar-refractivity contribution is 9.10. The lowest BCUT2D eigenvalue weighted by Gasteiger charge is -2.14. The van der Waals surface area contributed by atoms with E-state index in [0.29, 0.717) is 5.41 Å². The van der Waals surface area contributed by atoms with Gasteiger partial charge in [-0.15, -0.1) is 11.8 Å². The van der Waals surface area contributed by atoms with Crippen LogP contribution in [0.5, 0.6) is 0 Å². The third kappa shape index (κ3) is 2.05. The van der Waals surface area contributed by atoms with Crippen molar-refractivity contribution in [3.05, 3.63) is 28.2 Å². The van der Waals surface area contributed by atoms with Crippen LogP contribution in [0, 0.1) is 0 Å². The lowest BCUT2D eigenvalue weighted by atomic mass is 9.96. The Kier molecular flexibility index (Phi) is 2.81. The van der Waals surface area contributed by atoms with Crippen LogP contribution < -0.4 is 5.73 Å². The zero-order valence-electron chi connectivity index (χ0n) is 9.21. The molecule has 1 nitrogen and oxygen atoms in total. The number of rotatable bonds is 4. The molecule has 1 aromatic rings. The molecule has 0 unspecified atom stereocenters. The number of halogens is 1. The SMILES string of the molecule is NCC1(c2ccc(SC3CC3)c(Br)c2)CC1. The van der Waals surface area contributed by atoms with Gasteiger partial charge in [-0.2, -0.15) is 0 Å². The molecule has 2 saturated carbocycles. The third-order valence-electron chi connectivity index (χ3n) is 3.61. The molecular formula is C13H16BrNS. The largest absolute Gasteiger partial charge is 0.330 e. The highest BCUT2D eigenvalue weighted by Crippen LogP contribution is 2.49. The number of hydrogen-bond donors (Lipinski definition) is 1. The molecule has 0 saturated heterocycles. The lowest BCUT2D eigenvalue weighted by Crippen LogP contribution is -2.19. The molecule has 0 radical (unpaired) electrons. The molecule has 0 aromatic heterocycles. The van der Waals surface area contributed by atoms with E-state index in [1.165, 1.54) is 40.6 Å². The van der Waals surface area contributed by atoms with Gasteiger partial charge in [-0.3, -0.25) is 0 Å². The van der Waals surface area contributed by atoms with Crippen LogP contribution in [-0.2, 0) is 5.41 Å². The summed E-state index contributed by atoms with van der Waals surface area (Å²) in [6.45, 7) is 0.786. The smallest absolute Gasteiger partial charge is 0.0314 e. The molecule has 2 fully saturated rings. The van der Waals surface area contributed by atoms with Gasteiger partial charge in [-0.1, -0.05) is 6.07 Å². The zero-order chi connectivity index (χ0) is 11.2. The van der Waals surface area contributed by atoms with Crippen molar-refractivity contribution < 1.29 is 0 Å². The Hall–Kier alpha value is 0.01000. The third-order valence-corrected chi connectivity index (χ3v) is 5.94. The second-order valence-electron chi connectivity index (χ2n) is 4.95. The van der Waals surface area contributed by atoms with Crippen LogP contribution in [-0.4, -0.2) is 11.8 Å². The van der Waals surface area contributed by atoms with E-state index in [2.05, 4.69) is 34.1 Å². The van der Waals surface area contributed by atoms with Crippen molar-refractivity contribution in [2.45, 2.75) is 41.2 Å². The summed E-state index contributed by atoms with van der Waals surface area (Å²) >= 11 is 5.70. The fraction of sp³-hybridized carbons (Fsp3) is 0.538. The highest BCUT2D eigenvalue weighted by atomic mass is 79.9. The molecule has 1 aromatic carbocycles. The monoisotopic (exact) mass is 297 g/mol. The maximum Gasteiger partial charge on any atom is 0.0314 e. The van der Waals surface area contributed by atoms with Crippen molar-refractivity contribution in [3.8, 4) is 0 Å². The van der Waals surface area contributed by atoms with Gasteiger partial charge in [-0.05, 0) is 59.3 Å². The van der Waals surface area contributed by atoms with E-state index in [1.807, 2.05) is 11.8 Å². The molecule has 3 rings (SSSR count). The molecule has 0 atom stereocenters. The summed E-state index contributed by atoms with van der Waals surface area (Å²) in [7, 11) is 0. The molecule has 0 amide bonds. The fourth-order valence-corrected chi connectivity index (χ4v) is 3.76. The first-order chi connectivity index (χ1) is 7.73. The van der Waals surface area contributed by atoms with E-state index in [-0.39, 0.29) is 0 Å². The molecule has 0 heterocycles. The summed E-state index contributed by atoms with van der Waals surface area (Å²) in [5.74, 6) is 0. The number of benzene rings is 1. The van der Waals surface area contributed by atoms with Crippen LogP contribution in [0.25, 0.3) is 0 Å². The van der Waals surface area contributed by atoms with Gasteiger partial charge in [-0.25, -0.2) is 0 Å². The minimum absolute atomic E-state index is 0.311. The normalized spacial score (nSPS) is 22.1. The molecule has 0 aliphatic heterocycles. The molecule has 86 valence electrons. The van der Waals surface area contributed by atoms with E-state index in [4.69, 9.17) is 5.73 Å². The summed E-state index contributed by atoms with van der Waals surface area (Å²) in [5.41, 5.74) is 7.59. The summed E-state index contributed by atoms with van der Waals surface area (Å²) in [6, 6.07) is 6.82. The average Bonchev–Trinajstić information content (AvgIpc) is 3.15. The van der Waals surface area contributed by atoms with Crippen LogP contribution in [0.15, 0.2) is 27.6 Å². The van der Waals surface area contributed by atoms with Crippen LogP contribution >= 0.6 is 27.7 Å². The van der Waals surface area contributed by atoms with Crippen molar-refractivity contribution >= 4 is 27.7 Å². The van der Waals surface area contributed by atoms with Crippen LogP contribution in [0.2, 0.25) is 0 Å². The second kappa shape index (κ2) is 4.04. The Bertz CT molecular complexity index is 410. The highest BCUT2D eigenvalue weighted by Gasteiger charge is 2.43. The van der Waals surface area contributed by atoms with Gasteiger partial charge >= 0.3 is 0 Å². The minimum Gasteiger partial charge on any atom is -0.330 e. The van der Waals surface area contributed by atoms with Gasteiger partial charge in [0.25, 0.3) is 0 Å². The molecule has 2 aliphatic carbocycles. The van der Waals surface area contributed by atoms with E-state index in [0.717, 1.165) is 11.8 Å². The summed E-state index contributed by atoms with van der Waals surface area (Å²) < 4.78 is 1.25. The standard InChI is InChI=1S/C13H16BrNS/c14-11-7-9(13(8-15)5-6-13)1-4-12(11)16-10-2-3-10/h1,4,7,10H,2-3,5-6,8,15H2. The number of thioether (sulfide) groups is 1. The van der Waals surface area contributed by atoms with Crippen molar-refractivity contribution in [2.75, 3.05) is 6.54 Å². The Morgan fingerprint density at radius 2 is 2.12 bits per heavy atom. The summed E-state index contributed by atoms with van der Waals surface area (Å²) in [6.07, 6.45) is 5.27. The maximum atomic E-state index is 5.86. The van der Waals surface area contributed by atoms with Gasteiger partial charge in [0.15, 0.2) is 0 Å². The molecule has 0 bridgehead atoms. The second-order valence-corrected chi connectivity index (χ2v) is 7.14. The quantitative estimate of drug-likeness (QED) is 0.917. The Labute approximate surface area is 109 Å². The Morgan fingerprint density at radius 1 is 1.38 bits per heavy atom. The van der Waals surface area contributed by atoms with Gasteiger partial charge in [0, 0.05) is 26.6 Å². The van der Waals surface area contributed by atoms with E-state index in [9.17, 15) is 0 Å². The first kappa shape index (κ1) is 11.1. The maximum absolute atomic E-state index is 5.86. The van der Waals surface area contributed by atoms with E-state index >= 15 is 0 Å². The Morgan fingerprint density at radius 3 is 2.62 bits per heavy atom. The molecule has 2 aliphatic rings. The first-order valence-corrected chi connectivity index (χ1v) is 7.57. The van der Waals surface area contributed by atoms with Crippen molar-refractivity contribution in [2.24, 2.45) is 5.73 Å². The van der Waals surface area contributed by atoms with Gasteiger partial charge in [0.2, 0.25) is 0 Å². The van der Waals surface area contributed by atoms with Crippen LogP contribution in [0.3, 0.4) is 0 Å². The van der Waals surface area contributed by atoms with E-state index < -0.39 is 0 Å². The topological polar surface area (TPSA) is 26.0 Å². The van der Waals surface area contributed by atoms with Crippen LogP contribution in [0.1, 0.15) is 31.2 Å². The number of nitrogens with two attached hydrogens (primary N) is 1. The molecule has 0 spiro atoms. The predicted molar refractivity (Wildman–Crippen MR) is 73.0 cm³/mol. The first-order valence-electron chi connectivity index (χ1n) is 5.90. The van der Waals surface area contributed by atoms with Crippen molar-refractivity contribution in [3.63, 3.8) is 0 Å². The lowest BCUT2D eigenvalue weighted by molar-refractivity contribution is 0.703. The van der Waals surface area contributed by atoms with Crippen molar-refractivity contribution in [1.82, 2.24) is 0 Å². The van der Waals surface area contributed by atoms with Gasteiger partial charge in [0.05, 0.1) is 0 Å². The van der Waals surface area contributed by atoms with Gasteiger partial charge < -0.3 is 5.73 Å². The fourth-order valence-electron chi connectivity index (χ4n) is 2.05. The summed E-state index contributed by atoms with van der Waals surface area (Å²) in [5, 5.41) is 0.867. The minimum atomic E-state index is 0.311. The van der Waals surface area contributed by atoms with Gasteiger partial charge in [0.1, 0.15) is 0 Å². The number of hydrogen-bond acceptors (Lipinski definition) is 2. The zero-order valence-corrected chi connectivity index (χ0v) is 11.6. The van der Waals surface area contributed by atoms with E-state index in [1.54, 1.807) is 0 Å². The summed E-state index contributed by atoms with van der Waals surface area (Å²) in [4.78, 5) is 1.39. The molecule has 3 heteroatoms. The molecule has 2 N–H and O–H groups in total. The van der Waals surface area contributed by atoms with Crippen molar-refractivity contribution in [1.29, 1.82) is 0 Å².